The van der Waals surface area contributed by atoms with Crippen LogP contribution in [0, 0.1) is 0 Å². The van der Waals surface area contributed by atoms with Gasteiger partial charge in [0.05, 0.1) is 26.3 Å². The predicted octanol–water partition coefficient (Wildman–Crippen LogP) is -8.75. The zero-order valence-electron chi connectivity index (χ0n) is 13.9. The minimum Gasteiger partial charge on any atom is -1.00 e. The van der Waals surface area contributed by atoms with Gasteiger partial charge in [0, 0.05) is 0 Å². The molecular formula is C12H24Cl2N4O6Pt. The fourth-order valence-corrected chi connectivity index (χ4v) is 0.910. The number of esters is 2. The monoisotopic (exact) mass is 585 g/mol. The van der Waals surface area contributed by atoms with Crippen LogP contribution in [0.15, 0.2) is 0 Å². The molecule has 0 saturated carbocycles. The van der Waals surface area contributed by atoms with Crippen LogP contribution in [-0.2, 0) is 49.7 Å². The SMILES string of the molecule is CCOC(=O)CNC(=O)CN.CCOC(=O)CNC(=O)CN.[Cl-].[Cl-].[Pt+2]. The van der Waals surface area contributed by atoms with Gasteiger partial charge >= 0.3 is 33.0 Å². The summed E-state index contributed by atoms with van der Waals surface area (Å²) in [5.74, 6) is -1.63. The van der Waals surface area contributed by atoms with Gasteiger partial charge in [-0.3, -0.25) is 19.2 Å². The molecule has 13 heteroatoms. The van der Waals surface area contributed by atoms with Crippen molar-refractivity contribution in [1.82, 2.24) is 10.6 Å². The fraction of sp³-hybridized carbons (Fsp3) is 0.667. The van der Waals surface area contributed by atoms with Crippen LogP contribution in [0.3, 0.4) is 0 Å². The Morgan fingerprint density at radius 2 is 1.04 bits per heavy atom. The van der Waals surface area contributed by atoms with E-state index in [9.17, 15) is 19.2 Å². The zero-order valence-corrected chi connectivity index (χ0v) is 17.7. The maximum atomic E-state index is 10.6. The van der Waals surface area contributed by atoms with Crippen molar-refractivity contribution in [2.45, 2.75) is 13.8 Å². The van der Waals surface area contributed by atoms with E-state index in [0.29, 0.717) is 13.2 Å². The molecule has 10 nitrogen and oxygen atoms in total. The number of halogens is 2. The number of rotatable bonds is 8. The zero-order chi connectivity index (χ0) is 17.4. The van der Waals surface area contributed by atoms with Gasteiger partial charge in [-0.15, -0.1) is 0 Å². The molecule has 0 saturated heterocycles. The second-order valence-corrected chi connectivity index (χ2v) is 3.57. The molecule has 0 unspecified atom stereocenters. The number of hydrogen-bond donors (Lipinski definition) is 4. The summed E-state index contributed by atoms with van der Waals surface area (Å²) in [6.07, 6.45) is 0. The van der Waals surface area contributed by atoms with Crippen LogP contribution in [0.2, 0.25) is 0 Å². The Labute approximate surface area is 173 Å². The van der Waals surface area contributed by atoms with E-state index >= 15 is 0 Å². The van der Waals surface area contributed by atoms with Gasteiger partial charge in [-0.1, -0.05) is 0 Å². The largest absolute Gasteiger partial charge is 2.00 e. The predicted molar refractivity (Wildman–Crippen MR) is 77.4 cm³/mol. The molecular weight excluding hydrogens is 562 g/mol. The molecule has 0 rings (SSSR count). The number of nitrogens with two attached hydrogens (primary N) is 2. The molecule has 0 aromatic heterocycles. The van der Waals surface area contributed by atoms with E-state index in [4.69, 9.17) is 11.5 Å². The first-order chi connectivity index (χ1) is 10.4. The summed E-state index contributed by atoms with van der Waals surface area (Å²) in [6, 6.07) is 0. The summed E-state index contributed by atoms with van der Waals surface area (Å²) in [6.45, 7) is 3.59. The maximum Gasteiger partial charge on any atom is 2.00 e. The third-order valence-electron chi connectivity index (χ3n) is 1.84. The molecule has 0 bridgehead atoms. The van der Waals surface area contributed by atoms with Crippen molar-refractivity contribution in [2.75, 3.05) is 39.4 Å². The first-order valence-corrected chi connectivity index (χ1v) is 6.65. The summed E-state index contributed by atoms with van der Waals surface area (Å²) in [4.78, 5) is 42.1. The molecule has 2 amide bonds. The Morgan fingerprint density at radius 3 is 1.24 bits per heavy atom. The average Bonchev–Trinajstić information content (AvgIpc) is 2.51. The van der Waals surface area contributed by atoms with Crippen molar-refractivity contribution in [3.8, 4) is 0 Å². The Hall–Kier alpha value is -0.932. The summed E-state index contributed by atoms with van der Waals surface area (Å²) in [5.41, 5.74) is 9.94. The normalized spacial score (nSPS) is 7.84. The van der Waals surface area contributed by atoms with Crippen LogP contribution < -0.4 is 46.9 Å². The fourth-order valence-electron chi connectivity index (χ4n) is 0.910. The average molecular weight is 586 g/mol. The molecule has 0 radical (unpaired) electrons. The van der Waals surface area contributed by atoms with Crippen molar-refractivity contribution in [3.05, 3.63) is 0 Å². The van der Waals surface area contributed by atoms with Crippen LogP contribution >= 0.6 is 0 Å². The van der Waals surface area contributed by atoms with Gasteiger partial charge in [-0.25, -0.2) is 0 Å². The molecule has 0 aliphatic rings. The molecule has 0 aromatic rings. The number of ether oxygens (including phenoxy) is 2. The Balaban J connectivity index is -0.0000000952. The van der Waals surface area contributed by atoms with Crippen molar-refractivity contribution >= 4 is 23.8 Å². The van der Waals surface area contributed by atoms with E-state index in [-0.39, 0.29) is 83.9 Å². The number of amides is 2. The van der Waals surface area contributed by atoms with Gasteiger partial charge in [0.15, 0.2) is 0 Å². The molecule has 25 heavy (non-hydrogen) atoms. The summed E-state index contributed by atoms with van der Waals surface area (Å²) in [7, 11) is 0. The van der Waals surface area contributed by atoms with Crippen LogP contribution in [0.25, 0.3) is 0 Å². The van der Waals surface area contributed by atoms with Gasteiger partial charge in [-0.2, -0.15) is 0 Å². The van der Waals surface area contributed by atoms with Gasteiger partial charge in [0.25, 0.3) is 0 Å². The Bertz CT molecular complexity index is 344. The number of nitrogens with one attached hydrogen (secondary N) is 2. The molecule has 0 fully saturated rings. The number of hydrogen-bond acceptors (Lipinski definition) is 8. The first-order valence-electron chi connectivity index (χ1n) is 6.65. The van der Waals surface area contributed by atoms with Gasteiger partial charge in [0.2, 0.25) is 11.8 Å². The Kier molecular flexibility index (Phi) is 35.7. The summed E-state index contributed by atoms with van der Waals surface area (Å²) >= 11 is 0. The van der Waals surface area contributed by atoms with Gasteiger partial charge in [0.1, 0.15) is 13.1 Å². The second-order valence-electron chi connectivity index (χ2n) is 3.57. The molecule has 0 spiro atoms. The quantitative estimate of drug-likeness (QED) is 0.204. The molecule has 0 aromatic carbocycles. The second kappa shape index (κ2) is 25.3. The molecule has 0 heterocycles. The van der Waals surface area contributed by atoms with Crippen LogP contribution in [-0.4, -0.2) is 63.1 Å². The third-order valence-corrected chi connectivity index (χ3v) is 1.84. The van der Waals surface area contributed by atoms with E-state index in [1.807, 2.05) is 0 Å². The van der Waals surface area contributed by atoms with Gasteiger partial charge < -0.3 is 56.4 Å². The topological polar surface area (TPSA) is 163 Å². The molecule has 0 aliphatic carbocycles. The van der Waals surface area contributed by atoms with Gasteiger partial charge in [-0.05, 0) is 13.8 Å². The summed E-state index contributed by atoms with van der Waals surface area (Å²) in [5, 5.41) is 4.56. The van der Waals surface area contributed by atoms with E-state index in [2.05, 4.69) is 20.1 Å². The minimum atomic E-state index is -0.450. The molecule has 0 atom stereocenters. The standard InChI is InChI=1S/2C6H12N2O3.2ClH.Pt/c2*1-2-11-6(10)4-8-5(9)3-7;;;/h2*2-4,7H2,1H3,(H,8,9);2*1H;/q;;;;+2/p-2. The number of carbonyl (C=O) groups excluding carboxylic acids is 4. The first kappa shape index (κ1) is 35.2. The van der Waals surface area contributed by atoms with E-state index in [1.54, 1.807) is 13.8 Å². The maximum absolute atomic E-state index is 10.6. The molecule has 0 aliphatic heterocycles. The minimum absolute atomic E-state index is 0. The number of carbonyl (C=O) groups is 4. The van der Waals surface area contributed by atoms with E-state index in [0.717, 1.165) is 0 Å². The van der Waals surface area contributed by atoms with Crippen LogP contribution in [0.1, 0.15) is 13.8 Å². The van der Waals surface area contributed by atoms with E-state index < -0.39 is 11.9 Å². The Morgan fingerprint density at radius 1 is 0.760 bits per heavy atom. The van der Waals surface area contributed by atoms with E-state index in [1.165, 1.54) is 0 Å². The molecule has 152 valence electrons. The van der Waals surface area contributed by atoms with Crippen LogP contribution in [0.4, 0.5) is 0 Å². The smallest absolute Gasteiger partial charge is 1.00 e. The molecule has 6 N–H and O–H groups in total. The third kappa shape index (κ3) is 28.2. The van der Waals surface area contributed by atoms with Crippen molar-refractivity contribution in [1.29, 1.82) is 0 Å². The van der Waals surface area contributed by atoms with Crippen molar-refractivity contribution in [3.63, 3.8) is 0 Å². The van der Waals surface area contributed by atoms with Crippen LogP contribution in [0.5, 0.6) is 0 Å². The van der Waals surface area contributed by atoms with Crippen molar-refractivity contribution < 1.29 is 74.5 Å². The summed E-state index contributed by atoms with van der Waals surface area (Å²) < 4.78 is 9.08. The van der Waals surface area contributed by atoms with Crippen molar-refractivity contribution in [2.24, 2.45) is 11.5 Å².